The summed E-state index contributed by atoms with van der Waals surface area (Å²) in [7, 11) is 0. The maximum Gasteiger partial charge on any atom is 0.115 e. The zero-order valence-corrected chi connectivity index (χ0v) is 12.5. The molecule has 0 aliphatic rings. The average molecular weight is 320 g/mol. The Hall–Kier alpha value is -1.32. The van der Waals surface area contributed by atoms with Crippen LogP contribution in [0, 0.1) is 0 Å². The number of phenols is 1. The predicted molar refractivity (Wildman–Crippen MR) is 82.1 cm³/mol. The van der Waals surface area contributed by atoms with Crippen LogP contribution in [0.2, 0.25) is 0 Å². The number of halogens is 1. The van der Waals surface area contributed by atoms with Gasteiger partial charge in [-0.15, -0.1) is 0 Å². The Morgan fingerprint density at radius 3 is 2.42 bits per heavy atom. The van der Waals surface area contributed by atoms with Gasteiger partial charge in [0, 0.05) is 17.1 Å². The molecule has 0 heterocycles. The molecule has 100 valence electrons. The quantitative estimate of drug-likeness (QED) is 0.856. The molecule has 0 saturated carbocycles. The van der Waals surface area contributed by atoms with E-state index in [0.29, 0.717) is 11.8 Å². The molecule has 0 fully saturated rings. The lowest BCUT2D eigenvalue weighted by Crippen LogP contribution is -2.20. The highest BCUT2D eigenvalue weighted by Crippen LogP contribution is 2.21. The fraction of sp³-hybridized carbons (Fsp3) is 0.250. The Kier molecular flexibility index (Phi) is 5.00. The number of hydrogen-bond acceptors (Lipinski definition) is 2. The first-order valence-electron chi connectivity index (χ1n) is 6.46. The number of rotatable bonds is 5. The van der Waals surface area contributed by atoms with E-state index in [1.165, 1.54) is 11.1 Å². The van der Waals surface area contributed by atoms with Gasteiger partial charge in [-0.25, -0.2) is 0 Å². The number of nitrogens with one attached hydrogen (secondary N) is 1. The third-order valence-corrected chi connectivity index (χ3v) is 3.97. The molecule has 1 atom stereocenters. The summed E-state index contributed by atoms with van der Waals surface area (Å²) in [6, 6.07) is 15.9. The van der Waals surface area contributed by atoms with E-state index in [4.69, 9.17) is 0 Å². The van der Waals surface area contributed by atoms with Gasteiger partial charge in [-0.2, -0.15) is 0 Å². The first-order chi connectivity index (χ1) is 9.20. The van der Waals surface area contributed by atoms with Crippen molar-refractivity contribution in [3.8, 4) is 5.75 Å². The zero-order valence-electron chi connectivity index (χ0n) is 10.9. The van der Waals surface area contributed by atoms with E-state index in [2.05, 4.69) is 40.3 Å². The van der Waals surface area contributed by atoms with E-state index in [1.54, 1.807) is 12.1 Å². The molecule has 1 unspecified atom stereocenters. The Morgan fingerprint density at radius 1 is 1.11 bits per heavy atom. The summed E-state index contributed by atoms with van der Waals surface area (Å²) < 4.78 is 1.13. The molecule has 0 radical (unpaired) electrons. The van der Waals surface area contributed by atoms with Gasteiger partial charge in [0.1, 0.15) is 5.75 Å². The van der Waals surface area contributed by atoms with E-state index in [0.717, 1.165) is 17.4 Å². The lowest BCUT2D eigenvalue weighted by molar-refractivity contribution is 0.473. The first kappa shape index (κ1) is 14.1. The van der Waals surface area contributed by atoms with Gasteiger partial charge in [0.25, 0.3) is 0 Å². The largest absolute Gasteiger partial charge is 0.508 e. The second-order valence-electron chi connectivity index (χ2n) is 4.52. The third kappa shape index (κ3) is 3.82. The van der Waals surface area contributed by atoms with Crippen molar-refractivity contribution >= 4 is 15.9 Å². The highest BCUT2D eigenvalue weighted by molar-refractivity contribution is 9.10. The maximum absolute atomic E-state index is 9.33. The van der Waals surface area contributed by atoms with Crippen LogP contribution in [0.15, 0.2) is 53.0 Å². The molecule has 0 aliphatic carbocycles. The number of phenolic OH excluding ortho intramolecular Hbond substituents is 1. The van der Waals surface area contributed by atoms with E-state index in [1.807, 2.05) is 24.3 Å². The number of benzene rings is 2. The second-order valence-corrected chi connectivity index (χ2v) is 5.38. The molecular formula is C16H18BrNO. The SMILES string of the molecule is CCC(NCc1ccccc1Br)c1ccc(O)cc1. The molecule has 0 aromatic heterocycles. The smallest absolute Gasteiger partial charge is 0.115 e. The van der Waals surface area contributed by atoms with Gasteiger partial charge < -0.3 is 10.4 Å². The fourth-order valence-corrected chi connectivity index (χ4v) is 2.50. The Labute approximate surface area is 122 Å². The van der Waals surface area contributed by atoms with Gasteiger partial charge in [-0.1, -0.05) is 53.2 Å². The molecular weight excluding hydrogens is 302 g/mol. The van der Waals surface area contributed by atoms with Crippen molar-refractivity contribution in [2.45, 2.75) is 25.9 Å². The molecule has 0 aliphatic heterocycles. The summed E-state index contributed by atoms with van der Waals surface area (Å²) in [5, 5.41) is 12.9. The van der Waals surface area contributed by atoms with Gasteiger partial charge in [0.15, 0.2) is 0 Å². The van der Waals surface area contributed by atoms with Crippen LogP contribution in [-0.4, -0.2) is 5.11 Å². The highest BCUT2D eigenvalue weighted by Gasteiger charge is 2.09. The van der Waals surface area contributed by atoms with Crippen LogP contribution in [0.4, 0.5) is 0 Å². The van der Waals surface area contributed by atoms with Crippen molar-refractivity contribution in [3.63, 3.8) is 0 Å². The minimum Gasteiger partial charge on any atom is -0.508 e. The van der Waals surface area contributed by atoms with Crippen molar-refractivity contribution in [2.24, 2.45) is 0 Å². The molecule has 2 nitrogen and oxygen atoms in total. The van der Waals surface area contributed by atoms with Crippen LogP contribution in [0.25, 0.3) is 0 Å². The van der Waals surface area contributed by atoms with E-state index < -0.39 is 0 Å². The van der Waals surface area contributed by atoms with Crippen LogP contribution in [-0.2, 0) is 6.54 Å². The van der Waals surface area contributed by atoms with Crippen LogP contribution >= 0.6 is 15.9 Å². The standard InChI is InChI=1S/C16H18BrNO/c1-2-16(12-7-9-14(19)10-8-12)18-11-13-5-3-4-6-15(13)17/h3-10,16,18-19H,2,11H2,1H3. The minimum absolute atomic E-state index is 0.299. The molecule has 2 aromatic rings. The Bertz CT molecular complexity index is 525. The molecule has 0 amide bonds. The average Bonchev–Trinajstić information content (AvgIpc) is 2.43. The second kappa shape index (κ2) is 6.73. The van der Waals surface area contributed by atoms with Gasteiger partial charge in [0.05, 0.1) is 0 Å². The summed E-state index contributed by atoms with van der Waals surface area (Å²) in [5.41, 5.74) is 2.45. The minimum atomic E-state index is 0.299. The summed E-state index contributed by atoms with van der Waals surface area (Å²) in [5.74, 6) is 0.310. The lowest BCUT2D eigenvalue weighted by Gasteiger charge is -2.18. The molecule has 2 aromatic carbocycles. The molecule has 19 heavy (non-hydrogen) atoms. The maximum atomic E-state index is 9.33. The van der Waals surface area contributed by atoms with Crippen molar-refractivity contribution in [2.75, 3.05) is 0 Å². The number of hydrogen-bond donors (Lipinski definition) is 2. The van der Waals surface area contributed by atoms with E-state index in [-0.39, 0.29) is 0 Å². The topological polar surface area (TPSA) is 32.3 Å². The lowest BCUT2D eigenvalue weighted by atomic mass is 10.0. The summed E-state index contributed by atoms with van der Waals surface area (Å²) in [6.45, 7) is 2.98. The summed E-state index contributed by atoms with van der Waals surface area (Å²) in [6.07, 6.45) is 1.01. The van der Waals surface area contributed by atoms with Crippen molar-refractivity contribution in [1.29, 1.82) is 0 Å². The van der Waals surface area contributed by atoms with Crippen LogP contribution in [0.1, 0.15) is 30.5 Å². The molecule has 3 heteroatoms. The van der Waals surface area contributed by atoms with Gasteiger partial charge in [-0.3, -0.25) is 0 Å². The van der Waals surface area contributed by atoms with Crippen molar-refractivity contribution in [1.82, 2.24) is 5.32 Å². The fourth-order valence-electron chi connectivity index (χ4n) is 2.08. The summed E-state index contributed by atoms with van der Waals surface area (Å²) in [4.78, 5) is 0. The van der Waals surface area contributed by atoms with Gasteiger partial charge in [0.2, 0.25) is 0 Å². The molecule has 0 bridgehead atoms. The third-order valence-electron chi connectivity index (χ3n) is 3.20. The Balaban J connectivity index is 2.04. The van der Waals surface area contributed by atoms with Crippen molar-refractivity contribution in [3.05, 3.63) is 64.1 Å². The molecule has 2 N–H and O–H groups in total. The molecule has 2 rings (SSSR count). The number of aromatic hydroxyl groups is 1. The van der Waals surface area contributed by atoms with Gasteiger partial charge in [-0.05, 0) is 35.7 Å². The monoisotopic (exact) mass is 319 g/mol. The van der Waals surface area contributed by atoms with E-state index in [9.17, 15) is 5.11 Å². The highest BCUT2D eigenvalue weighted by atomic mass is 79.9. The molecule has 0 saturated heterocycles. The van der Waals surface area contributed by atoms with E-state index >= 15 is 0 Å². The van der Waals surface area contributed by atoms with Gasteiger partial charge >= 0.3 is 0 Å². The van der Waals surface area contributed by atoms with Crippen LogP contribution in [0.5, 0.6) is 5.75 Å². The zero-order chi connectivity index (χ0) is 13.7. The van der Waals surface area contributed by atoms with Crippen LogP contribution in [0.3, 0.4) is 0 Å². The Morgan fingerprint density at radius 2 is 1.79 bits per heavy atom. The first-order valence-corrected chi connectivity index (χ1v) is 7.25. The predicted octanol–water partition coefficient (Wildman–Crippen LogP) is 4.40. The normalized spacial score (nSPS) is 12.3. The van der Waals surface area contributed by atoms with Crippen LogP contribution < -0.4 is 5.32 Å². The summed E-state index contributed by atoms with van der Waals surface area (Å²) >= 11 is 3.56. The molecule has 0 spiro atoms. The van der Waals surface area contributed by atoms with Crippen molar-refractivity contribution < 1.29 is 5.11 Å².